The van der Waals surface area contributed by atoms with Crippen LogP contribution in [0.25, 0.3) is 0 Å². The summed E-state index contributed by atoms with van der Waals surface area (Å²) in [5.41, 5.74) is 0. The summed E-state index contributed by atoms with van der Waals surface area (Å²) in [6.07, 6.45) is 0. The van der Waals surface area contributed by atoms with E-state index in [9.17, 15) is 0 Å². The van der Waals surface area contributed by atoms with Gasteiger partial charge in [-0.05, 0) is 11.8 Å². The quantitative estimate of drug-likeness (QED) is 0.289. The van der Waals surface area contributed by atoms with Gasteiger partial charge in [-0.2, -0.15) is 9.56 Å². The van der Waals surface area contributed by atoms with Gasteiger partial charge >= 0.3 is 30.9 Å². The summed E-state index contributed by atoms with van der Waals surface area (Å²) in [6.45, 7) is 0. The summed E-state index contributed by atoms with van der Waals surface area (Å²) in [6, 6.07) is 0. The Morgan fingerprint density at radius 2 is 1.10 bits per heavy atom. The molecule has 0 saturated heterocycles. The highest BCUT2D eigenvalue weighted by Crippen LogP contribution is 1.45. The molecule has 52 valence electrons. The smallest absolute Gasteiger partial charge is 0.412 e. The lowest BCUT2D eigenvalue weighted by Crippen LogP contribution is -2.00. The normalized spacial score (nSPS) is 3.80. The molecule has 0 bridgehead atoms. The van der Waals surface area contributed by atoms with E-state index < -0.39 is 0 Å². The van der Waals surface area contributed by atoms with Crippen LogP contribution in [0.15, 0.2) is 0 Å². The number of hydrogen-bond acceptors (Lipinski definition) is 2. The largest absolute Gasteiger partial charge is 0.444 e. The molecular formula is C4H8Al2N2O2. The number of hydrogen-bond donors (Lipinski definition) is 2. The SMILES string of the molecule is O.O.[NH2][Al][C]#CC#[C][Al][NH2]. The van der Waals surface area contributed by atoms with Gasteiger partial charge in [0.25, 0.3) is 0 Å². The van der Waals surface area contributed by atoms with E-state index in [0.29, 0.717) is 0 Å². The predicted octanol–water partition coefficient (Wildman–Crippen LogP) is -3.59. The lowest BCUT2D eigenvalue weighted by Gasteiger charge is -1.60. The summed E-state index contributed by atoms with van der Waals surface area (Å²) in [5.74, 6) is 5.16. The fourth-order valence-electron chi connectivity index (χ4n) is 0.156. The van der Waals surface area contributed by atoms with E-state index in [1.54, 1.807) is 0 Å². The minimum absolute atomic E-state index is 0. The van der Waals surface area contributed by atoms with Crippen LogP contribution in [0.5, 0.6) is 0 Å². The molecule has 8 N–H and O–H groups in total. The van der Waals surface area contributed by atoms with E-state index in [2.05, 4.69) is 21.4 Å². The lowest BCUT2D eigenvalue weighted by molar-refractivity contribution is 0.823. The third kappa shape index (κ3) is 15.7. The first-order valence-corrected chi connectivity index (χ1v) is 4.48. The molecule has 0 amide bonds. The molecule has 10 heavy (non-hydrogen) atoms. The molecule has 0 saturated carbocycles. The van der Waals surface area contributed by atoms with Crippen LogP contribution >= 0.6 is 0 Å². The maximum absolute atomic E-state index is 5.13. The van der Waals surface area contributed by atoms with Gasteiger partial charge in [-0.15, -0.1) is 0 Å². The predicted molar refractivity (Wildman–Crippen MR) is 42.7 cm³/mol. The summed E-state index contributed by atoms with van der Waals surface area (Å²) in [7, 11) is 0. The highest BCUT2D eigenvalue weighted by Gasteiger charge is 1.67. The molecule has 6 heteroatoms. The Morgan fingerprint density at radius 1 is 0.800 bits per heavy atom. The van der Waals surface area contributed by atoms with Crippen LogP contribution in [-0.2, 0) is 0 Å². The van der Waals surface area contributed by atoms with Gasteiger partial charge in [0.2, 0.25) is 0 Å². The van der Waals surface area contributed by atoms with Crippen molar-refractivity contribution in [2.75, 3.05) is 0 Å². The van der Waals surface area contributed by atoms with Crippen LogP contribution in [0.2, 0.25) is 0 Å². The van der Waals surface area contributed by atoms with Crippen molar-refractivity contribution in [1.29, 1.82) is 0 Å². The Balaban J connectivity index is -0.000000245. The highest BCUT2D eigenvalue weighted by atomic mass is 27.1. The van der Waals surface area contributed by atoms with Crippen molar-refractivity contribution < 1.29 is 11.0 Å². The van der Waals surface area contributed by atoms with Crippen LogP contribution in [0.3, 0.4) is 0 Å². The standard InChI is InChI=1S/C4.2Al.2H2N.2H2O/c1-3-4-2;;;;;;/h;;;4*1H2/q;2*+1;2*-1;;. The molecule has 4 nitrogen and oxygen atoms in total. The molecule has 0 aliphatic heterocycles. The molecule has 0 heterocycles. The van der Waals surface area contributed by atoms with Gasteiger partial charge in [-0.25, -0.2) is 0 Å². The summed E-state index contributed by atoms with van der Waals surface area (Å²) < 4.78 is 10.3. The molecule has 0 aliphatic carbocycles. The summed E-state index contributed by atoms with van der Waals surface area (Å²) >= 11 is -0.435. The van der Waals surface area contributed by atoms with Crippen molar-refractivity contribution in [1.82, 2.24) is 0 Å². The van der Waals surface area contributed by atoms with Gasteiger partial charge in [0.15, 0.2) is 0 Å². The van der Waals surface area contributed by atoms with E-state index in [4.69, 9.17) is 9.43 Å². The van der Waals surface area contributed by atoms with Crippen LogP contribution < -0.4 is 9.43 Å². The Hall–Kier alpha value is 0.0249. The molecule has 0 atom stereocenters. The monoisotopic (exact) mass is 170 g/mol. The summed E-state index contributed by atoms with van der Waals surface area (Å²) in [5, 5.41) is 0. The van der Waals surface area contributed by atoms with Gasteiger partial charge < -0.3 is 20.4 Å². The fourth-order valence-corrected chi connectivity index (χ4v) is 0.467. The Kier molecular flexibility index (Phi) is 26.5. The Labute approximate surface area is 72.8 Å². The van der Waals surface area contributed by atoms with Crippen molar-refractivity contribution in [2.24, 2.45) is 9.43 Å². The number of nitrogens with two attached hydrogens (primary N) is 2. The third-order valence-electron chi connectivity index (χ3n) is 0.374. The zero-order valence-electron chi connectivity index (χ0n) is 5.31. The molecule has 0 rings (SSSR count). The van der Waals surface area contributed by atoms with E-state index in [-0.39, 0.29) is 41.8 Å². The van der Waals surface area contributed by atoms with Crippen LogP contribution in [0.1, 0.15) is 0 Å². The topological polar surface area (TPSA) is 115 Å². The van der Waals surface area contributed by atoms with Crippen LogP contribution in [0.4, 0.5) is 0 Å². The maximum Gasteiger partial charge on any atom is 0.444 e. The van der Waals surface area contributed by atoms with Crippen LogP contribution in [-0.4, -0.2) is 41.8 Å². The average molecular weight is 170 g/mol. The van der Waals surface area contributed by atoms with Crippen LogP contribution in [0, 0.1) is 21.4 Å². The number of rotatable bonds is 0. The Morgan fingerprint density at radius 3 is 1.30 bits per heavy atom. The second kappa shape index (κ2) is 16.0. The minimum Gasteiger partial charge on any atom is -0.412 e. The van der Waals surface area contributed by atoms with Crippen molar-refractivity contribution in [2.45, 2.75) is 0 Å². The first-order chi connectivity index (χ1) is 3.91. The first kappa shape index (κ1) is 16.5. The van der Waals surface area contributed by atoms with Gasteiger partial charge in [0, 0.05) is 0 Å². The zero-order chi connectivity index (χ0) is 6.24. The summed E-state index contributed by atoms with van der Waals surface area (Å²) in [4.78, 5) is 5.36. The van der Waals surface area contributed by atoms with Gasteiger partial charge in [0.1, 0.15) is 0 Å². The average Bonchev–Trinajstić information content (AvgIpc) is 1.81. The van der Waals surface area contributed by atoms with Gasteiger partial charge in [-0.3, -0.25) is 0 Å². The molecular weight excluding hydrogens is 162 g/mol. The second-order valence-corrected chi connectivity index (χ2v) is 2.12. The Bertz CT molecular complexity index is 144. The van der Waals surface area contributed by atoms with Gasteiger partial charge in [-0.1, -0.05) is 0 Å². The van der Waals surface area contributed by atoms with E-state index >= 15 is 0 Å². The molecule has 0 aromatic carbocycles. The molecule has 2 radical (unpaired) electrons. The van der Waals surface area contributed by atoms with Crippen molar-refractivity contribution in [3.63, 3.8) is 0 Å². The lowest BCUT2D eigenvalue weighted by atomic mass is 10.7. The van der Waals surface area contributed by atoms with Crippen molar-refractivity contribution >= 4 is 30.9 Å². The first-order valence-electron chi connectivity index (χ1n) is 1.99. The van der Waals surface area contributed by atoms with Crippen molar-refractivity contribution in [3.8, 4) is 21.4 Å². The van der Waals surface area contributed by atoms with E-state index in [1.165, 1.54) is 0 Å². The molecule has 0 aromatic heterocycles. The minimum atomic E-state index is -0.218. The molecule has 0 aromatic rings. The fraction of sp³-hybridized carbons (Fsp3) is 0. The highest BCUT2D eigenvalue weighted by molar-refractivity contribution is 6.43. The molecule has 0 fully saturated rings. The third-order valence-corrected chi connectivity index (χ3v) is 0.996. The van der Waals surface area contributed by atoms with E-state index in [1.807, 2.05) is 0 Å². The molecule has 0 aliphatic rings. The second-order valence-electron chi connectivity index (χ2n) is 0.872. The maximum atomic E-state index is 5.13. The van der Waals surface area contributed by atoms with Crippen molar-refractivity contribution in [3.05, 3.63) is 0 Å². The van der Waals surface area contributed by atoms with Gasteiger partial charge in [0.05, 0.1) is 0 Å². The van der Waals surface area contributed by atoms with E-state index in [0.717, 1.165) is 0 Å². The molecule has 0 unspecified atom stereocenters. The zero-order valence-corrected chi connectivity index (χ0v) is 7.62. The molecule has 0 spiro atoms.